The van der Waals surface area contributed by atoms with Crippen LogP contribution in [0.15, 0.2) is 53.6 Å². The first-order valence-corrected chi connectivity index (χ1v) is 15.9. The van der Waals surface area contributed by atoms with Gasteiger partial charge in [-0.1, -0.05) is 43.5 Å². The zero-order valence-electron chi connectivity index (χ0n) is 24.2. The van der Waals surface area contributed by atoms with Crippen molar-refractivity contribution in [3.05, 3.63) is 59.9 Å². The summed E-state index contributed by atoms with van der Waals surface area (Å²) in [6, 6.07) is 12.0. The first-order chi connectivity index (χ1) is 20.1. The van der Waals surface area contributed by atoms with Crippen LogP contribution in [0.4, 0.5) is 11.5 Å². The molecule has 1 aliphatic carbocycles. The van der Waals surface area contributed by atoms with Crippen molar-refractivity contribution in [1.29, 1.82) is 0 Å². The van der Waals surface area contributed by atoms with Crippen LogP contribution in [0.25, 0.3) is 11.3 Å². The Morgan fingerprint density at radius 2 is 1.81 bits per heavy atom. The zero-order chi connectivity index (χ0) is 30.0. The van der Waals surface area contributed by atoms with Gasteiger partial charge in [-0.2, -0.15) is 0 Å². The molecule has 1 amide bonds. The van der Waals surface area contributed by atoms with Crippen molar-refractivity contribution in [2.45, 2.75) is 80.1 Å². The van der Waals surface area contributed by atoms with Gasteiger partial charge < -0.3 is 26.2 Å². The van der Waals surface area contributed by atoms with Crippen LogP contribution in [0, 0.1) is 0 Å². The molecule has 224 valence electrons. The number of nitrogens with one attached hydrogen (secondary N) is 2. The summed E-state index contributed by atoms with van der Waals surface area (Å²) in [5.74, 6) is 0.0262. The van der Waals surface area contributed by atoms with Gasteiger partial charge in [0.2, 0.25) is 0 Å². The van der Waals surface area contributed by atoms with Crippen LogP contribution in [0.1, 0.15) is 74.3 Å². The fourth-order valence-corrected chi connectivity index (χ4v) is 7.86. The molecule has 0 radical (unpaired) electrons. The van der Waals surface area contributed by atoms with Gasteiger partial charge in [-0.25, -0.2) is 18.4 Å². The van der Waals surface area contributed by atoms with Gasteiger partial charge in [-0.3, -0.25) is 4.79 Å². The Bertz CT molecular complexity index is 1550. The van der Waals surface area contributed by atoms with E-state index in [1.807, 2.05) is 19.2 Å². The fourth-order valence-electron chi connectivity index (χ4n) is 5.72. The van der Waals surface area contributed by atoms with Crippen LogP contribution < -0.4 is 21.1 Å². The van der Waals surface area contributed by atoms with Crippen molar-refractivity contribution >= 4 is 27.2 Å². The molecule has 1 unspecified atom stereocenters. The quantitative estimate of drug-likeness (QED) is 0.336. The normalized spacial score (nSPS) is 22.2. The van der Waals surface area contributed by atoms with Gasteiger partial charge in [0.1, 0.15) is 5.75 Å². The predicted molar refractivity (Wildman–Crippen MR) is 162 cm³/mol. The summed E-state index contributed by atoms with van der Waals surface area (Å²) < 4.78 is 32.6. The minimum Gasteiger partial charge on any atom is -0.491 e. The van der Waals surface area contributed by atoms with Gasteiger partial charge in [0, 0.05) is 17.7 Å². The second kappa shape index (κ2) is 12.0. The highest BCUT2D eigenvalue weighted by Gasteiger charge is 2.57. The number of para-hydroxylation sites is 1. The number of aliphatic hydroxyl groups is 1. The van der Waals surface area contributed by atoms with E-state index >= 15 is 0 Å². The van der Waals surface area contributed by atoms with E-state index in [1.165, 1.54) is 6.20 Å². The Morgan fingerprint density at radius 3 is 2.52 bits per heavy atom. The lowest BCUT2D eigenvalue weighted by molar-refractivity contribution is 0.0362. The molecule has 3 heterocycles. The number of nitrogen functional groups attached to an aromatic ring is 1. The third-order valence-corrected chi connectivity index (χ3v) is 10.7. The van der Waals surface area contributed by atoms with Crippen LogP contribution in [0.2, 0.25) is 0 Å². The van der Waals surface area contributed by atoms with Gasteiger partial charge in [-0.05, 0) is 64.3 Å². The number of carbonyl (C=O) groups is 1. The molecule has 4 bridgehead atoms. The number of nitrogens with zero attached hydrogens (tertiary/aromatic N) is 2. The zero-order valence-corrected chi connectivity index (χ0v) is 25.0. The van der Waals surface area contributed by atoms with Gasteiger partial charge >= 0.3 is 0 Å². The lowest BCUT2D eigenvalue weighted by Gasteiger charge is -2.29. The number of ether oxygens (including phenoxy) is 1. The van der Waals surface area contributed by atoms with E-state index in [0.29, 0.717) is 55.1 Å². The number of hydrogen-bond donors (Lipinski definition) is 4. The number of benzene rings is 2. The second-order valence-corrected chi connectivity index (χ2v) is 14.0. The van der Waals surface area contributed by atoms with Crippen molar-refractivity contribution in [3.8, 4) is 17.0 Å². The summed E-state index contributed by atoms with van der Waals surface area (Å²) in [5.41, 5.74) is 7.32. The van der Waals surface area contributed by atoms with Crippen LogP contribution in [-0.4, -0.2) is 53.4 Å². The monoisotopic (exact) mass is 593 g/mol. The van der Waals surface area contributed by atoms with Gasteiger partial charge in [0.15, 0.2) is 21.3 Å². The number of anilines is 2. The van der Waals surface area contributed by atoms with Crippen molar-refractivity contribution < 1.29 is 23.1 Å². The number of carbonyl (C=O) groups excluding carboxylic acids is 1. The Kier molecular flexibility index (Phi) is 8.54. The minimum atomic E-state index is -3.66. The molecular formula is C31H39N5O5S. The molecule has 2 aromatic carbocycles. The summed E-state index contributed by atoms with van der Waals surface area (Å²) >= 11 is 0. The number of aromatic nitrogens is 2. The molecule has 1 atom stereocenters. The highest BCUT2D eigenvalue weighted by atomic mass is 32.2. The Hall–Kier alpha value is -3.54. The van der Waals surface area contributed by atoms with E-state index < -0.39 is 26.1 Å². The highest BCUT2D eigenvalue weighted by Crippen LogP contribution is 2.52. The lowest BCUT2D eigenvalue weighted by atomic mass is 9.92. The maximum atomic E-state index is 13.7. The summed E-state index contributed by atoms with van der Waals surface area (Å²) in [7, 11) is -1.82. The van der Waals surface area contributed by atoms with Crippen molar-refractivity contribution in [3.63, 3.8) is 0 Å². The topological polar surface area (TPSA) is 157 Å². The Balaban J connectivity index is 1.50. The molecule has 1 saturated carbocycles. The van der Waals surface area contributed by atoms with Crippen LogP contribution in [0.5, 0.6) is 5.75 Å². The van der Waals surface area contributed by atoms with Crippen molar-refractivity contribution in [1.82, 2.24) is 15.3 Å². The van der Waals surface area contributed by atoms with Crippen LogP contribution in [-0.2, 0) is 16.4 Å². The number of fused-ring (bicyclic) bond motifs is 11. The fraction of sp³-hybridized carbons (Fsp3) is 0.452. The maximum absolute atomic E-state index is 13.7. The van der Waals surface area contributed by atoms with Crippen LogP contribution >= 0.6 is 0 Å². The number of rotatable bonds is 2. The number of amides is 1. The SMILES string of the molecule is CNCc1cccc2c1OCCCCCCC(C)(O)CC1(CC1)S(=O)(=O)c1ccc(cc1)-c1cnc(N)c(n1)C(=O)N2. The molecule has 1 spiro atoms. The summed E-state index contributed by atoms with van der Waals surface area (Å²) in [6.07, 6.45) is 6.61. The largest absolute Gasteiger partial charge is 0.491 e. The molecule has 2 aliphatic heterocycles. The number of nitrogens with two attached hydrogens (primary N) is 1. The summed E-state index contributed by atoms with van der Waals surface area (Å²) in [6.45, 7) is 2.76. The standard InChI is InChI=1S/C31H39N5O5S/c1-30(38)14-5-3-4-6-17-41-27-22(18-33-2)8-7-9-24(27)36-29(37)26-28(32)34-19-25(35-26)21-10-12-23(13-11-21)42(39,40)31(20-30)15-16-31/h7-13,19,33,38H,3-6,14-18,20H2,1-2H3,(H2,32,34)(H,36,37). The molecular weight excluding hydrogens is 554 g/mol. The molecule has 3 aliphatic rings. The number of hydrogen-bond acceptors (Lipinski definition) is 9. The maximum Gasteiger partial charge on any atom is 0.278 e. The minimum absolute atomic E-state index is 0.0264. The molecule has 10 nitrogen and oxygen atoms in total. The van der Waals surface area contributed by atoms with Crippen molar-refractivity contribution in [2.75, 3.05) is 24.7 Å². The summed E-state index contributed by atoms with van der Waals surface area (Å²) in [5, 5.41) is 17.2. The first-order valence-electron chi connectivity index (χ1n) is 14.5. The third kappa shape index (κ3) is 6.28. The van der Waals surface area contributed by atoms with Gasteiger partial charge in [0.05, 0.1) is 39.4 Å². The molecule has 1 fully saturated rings. The Labute approximate surface area is 247 Å². The van der Waals surface area contributed by atoms with Crippen LogP contribution in [0.3, 0.4) is 0 Å². The van der Waals surface area contributed by atoms with E-state index in [9.17, 15) is 18.3 Å². The molecule has 6 rings (SSSR count). The predicted octanol–water partition coefficient (Wildman–Crippen LogP) is 4.49. The first kappa shape index (κ1) is 29.9. The van der Waals surface area contributed by atoms with E-state index in [4.69, 9.17) is 10.5 Å². The average molecular weight is 594 g/mol. The average Bonchev–Trinajstić information content (AvgIpc) is 3.74. The third-order valence-electron chi connectivity index (χ3n) is 8.13. The number of sulfone groups is 1. The molecule has 5 N–H and O–H groups in total. The molecule has 42 heavy (non-hydrogen) atoms. The smallest absolute Gasteiger partial charge is 0.278 e. The van der Waals surface area contributed by atoms with E-state index in [2.05, 4.69) is 20.6 Å². The summed E-state index contributed by atoms with van der Waals surface area (Å²) in [4.78, 5) is 22.3. The van der Waals surface area contributed by atoms with Crippen molar-refractivity contribution in [2.24, 2.45) is 0 Å². The molecule has 1 aromatic heterocycles. The van der Waals surface area contributed by atoms with E-state index in [0.717, 1.165) is 31.2 Å². The Morgan fingerprint density at radius 1 is 1.07 bits per heavy atom. The van der Waals surface area contributed by atoms with Gasteiger partial charge in [0.25, 0.3) is 5.91 Å². The molecule has 11 heteroatoms. The molecule has 0 saturated heterocycles. The highest BCUT2D eigenvalue weighted by molar-refractivity contribution is 7.93. The second-order valence-electron chi connectivity index (χ2n) is 11.7. The molecule has 3 aromatic rings. The van der Waals surface area contributed by atoms with E-state index in [-0.39, 0.29) is 22.8 Å². The van der Waals surface area contributed by atoms with E-state index in [1.54, 1.807) is 37.3 Å². The van der Waals surface area contributed by atoms with Gasteiger partial charge in [-0.15, -0.1) is 0 Å². The lowest BCUT2D eigenvalue weighted by Crippen LogP contribution is -2.36.